The van der Waals surface area contributed by atoms with Crippen LogP contribution in [0.3, 0.4) is 0 Å². The van der Waals surface area contributed by atoms with Crippen LogP contribution in [0.2, 0.25) is 0 Å². The largest absolute Gasteiger partial charge is 0.358 e. The molecule has 0 radical (unpaired) electrons. The molecule has 70 valence electrons. The van der Waals surface area contributed by atoms with Gasteiger partial charge in [0.1, 0.15) is 6.54 Å². The van der Waals surface area contributed by atoms with Crippen molar-refractivity contribution in [3.8, 4) is 0 Å². The van der Waals surface area contributed by atoms with E-state index in [1.165, 1.54) is 13.1 Å². The predicted octanol–water partition coefficient (Wildman–Crippen LogP) is -0.953. The summed E-state index contributed by atoms with van der Waals surface area (Å²) >= 11 is 0. The standard InChI is InChI=1S/C8H10N2O3/c1-5-3-7(12)10(8(5)13)4-6(11)9-2/h3H,4H2,1-2H3,(H,9,11). The van der Waals surface area contributed by atoms with Crippen LogP contribution in [0.1, 0.15) is 6.92 Å². The highest BCUT2D eigenvalue weighted by Crippen LogP contribution is 2.10. The van der Waals surface area contributed by atoms with Crippen LogP contribution in [0.15, 0.2) is 11.6 Å². The first-order chi connectivity index (χ1) is 6.06. The first-order valence-electron chi connectivity index (χ1n) is 3.81. The van der Waals surface area contributed by atoms with Crippen molar-refractivity contribution in [3.63, 3.8) is 0 Å². The van der Waals surface area contributed by atoms with Crippen molar-refractivity contribution in [1.82, 2.24) is 10.2 Å². The van der Waals surface area contributed by atoms with Crippen molar-refractivity contribution in [1.29, 1.82) is 0 Å². The number of hydrogen-bond acceptors (Lipinski definition) is 3. The van der Waals surface area contributed by atoms with Crippen LogP contribution in [0.5, 0.6) is 0 Å². The van der Waals surface area contributed by atoms with Crippen molar-refractivity contribution in [3.05, 3.63) is 11.6 Å². The van der Waals surface area contributed by atoms with Crippen molar-refractivity contribution < 1.29 is 14.4 Å². The third kappa shape index (κ3) is 1.74. The van der Waals surface area contributed by atoms with Crippen LogP contribution in [0, 0.1) is 0 Å². The predicted molar refractivity (Wildman–Crippen MR) is 44.5 cm³/mol. The zero-order chi connectivity index (χ0) is 10.0. The third-order valence-electron chi connectivity index (χ3n) is 1.77. The minimum atomic E-state index is -0.425. The summed E-state index contributed by atoms with van der Waals surface area (Å²) in [7, 11) is 1.45. The van der Waals surface area contributed by atoms with E-state index in [-0.39, 0.29) is 12.5 Å². The van der Waals surface area contributed by atoms with Gasteiger partial charge in [0, 0.05) is 18.7 Å². The van der Waals surface area contributed by atoms with E-state index < -0.39 is 11.8 Å². The Kier molecular flexibility index (Phi) is 2.46. The van der Waals surface area contributed by atoms with Crippen LogP contribution in [-0.2, 0) is 14.4 Å². The Morgan fingerprint density at radius 2 is 2.15 bits per heavy atom. The van der Waals surface area contributed by atoms with Gasteiger partial charge in [-0.05, 0) is 6.92 Å². The zero-order valence-corrected chi connectivity index (χ0v) is 7.46. The number of nitrogens with zero attached hydrogens (tertiary/aromatic N) is 1. The highest BCUT2D eigenvalue weighted by atomic mass is 16.2. The summed E-state index contributed by atoms with van der Waals surface area (Å²) in [6, 6.07) is 0. The van der Waals surface area contributed by atoms with E-state index >= 15 is 0 Å². The van der Waals surface area contributed by atoms with Crippen molar-refractivity contribution in [2.45, 2.75) is 6.92 Å². The quantitative estimate of drug-likeness (QED) is 0.560. The van der Waals surface area contributed by atoms with E-state index in [1.54, 1.807) is 6.92 Å². The Bertz CT molecular complexity index is 307. The molecule has 0 saturated carbocycles. The molecule has 13 heavy (non-hydrogen) atoms. The molecular weight excluding hydrogens is 172 g/mol. The lowest BCUT2D eigenvalue weighted by atomic mass is 10.3. The number of imide groups is 1. The minimum absolute atomic E-state index is 0.206. The van der Waals surface area contributed by atoms with Crippen LogP contribution < -0.4 is 5.32 Å². The minimum Gasteiger partial charge on any atom is -0.358 e. The van der Waals surface area contributed by atoms with Crippen molar-refractivity contribution >= 4 is 17.7 Å². The number of hydrogen-bond donors (Lipinski definition) is 1. The van der Waals surface area contributed by atoms with E-state index in [9.17, 15) is 14.4 Å². The monoisotopic (exact) mass is 182 g/mol. The van der Waals surface area contributed by atoms with Crippen LogP contribution in [-0.4, -0.2) is 36.2 Å². The molecule has 1 rings (SSSR count). The fraction of sp³-hybridized carbons (Fsp3) is 0.375. The molecule has 0 spiro atoms. The Morgan fingerprint density at radius 1 is 1.54 bits per heavy atom. The molecule has 3 amide bonds. The summed E-state index contributed by atoms with van der Waals surface area (Å²) in [5.41, 5.74) is 0.369. The van der Waals surface area contributed by atoms with Crippen molar-refractivity contribution in [2.75, 3.05) is 13.6 Å². The topological polar surface area (TPSA) is 66.5 Å². The summed E-state index contributed by atoms with van der Waals surface area (Å²) in [5.74, 6) is -1.18. The van der Waals surface area contributed by atoms with Gasteiger partial charge in [0.05, 0.1) is 0 Å². The maximum Gasteiger partial charge on any atom is 0.257 e. The second-order valence-electron chi connectivity index (χ2n) is 2.73. The average molecular weight is 182 g/mol. The molecule has 5 nitrogen and oxygen atoms in total. The maximum absolute atomic E-state index is 11.2. The summed E-state index contributed by atoms with van der Waals surface area (Å²) < 4.78 is 0. The summed E-state index contributed by atoms with van der Waals surface area (Å²) in [6.07, 6.45) is 1.23. The number of amides is 3. The summed E-state index contributed by atoms with van der Waals surface area (Å²) in [5, 5.41) is 2.34. The van der Waals surface area contributed by atoms with Gasteiger partial charge in [0.2, 0.25) is 5.91 Å². The van der Waals surface area contributed by atoms with Gasteiger partial charge in [-0.15, -0.1) is 0 Å². The van der Waals surface area contributed by atoms with E-state index in [0.29, 0.717) is 5.57 Å². The normalized spacial score (nSPS) is 16.2. The molecule has 0 saturated heterocycles. The number of carbonyl (C=O) groups is 3. The van der Waals surface area contributed by atoms with Gasteiger partial charge < -0.3 is 5.32 Å². The van der Waals surface area contributed by atoms with E-state index in [1.807, 2.05) is 0 Å². The molecule has 1 aliphatic rings. The zero-order valence-electron chi connectivity index (χ0n) is 7.46. The van der Waals surface area contributed by atoms with Gasteiger partial charge >= 0.3 is 0 Å². The van der Waals surface area contributed by atoms with Crippen LogP contribution >= 0.6 is 0 Å². The molecule has 0 bridgehead atoms. The molecule has 0 aromatic rings. The van der Waals surface area contributed by atoms with E-state index in [0.717, 1.165) is 4.90 Å². The summed E-state index contributed by atoms with van der Waals surface area (Å²) in [6.45, 7) is 1.34. The van der Waals surface area contributed by atoms with Crippen LogP contribution in [0.4, 0.5) is 0 Å². The van der Waals surface area contributed by atoms with Gasteiger partial charge in [-0.2, -0.15) is 0 Å². The fourth-order valence-corrected chi connectivity index (χ4v) is 1.01. The molecular formula is C8H10N2O3. The molecule has 1 aliphatic heterocycles. The lowest BCUT2D eigenvalue weighted by molar-refractivity contribution is -0.141. The smallest absolute Gasteiger partial charge is 0.257 e. The van der Waals surface area contributed by atoms with Gasteiger partial charge in [-0.1, -0.05) is 0 Å². The highest BCUT2D eigenvalue weighted by molar-refractivity contribution is 6.17. The van der Waals surface area contributed by atoms with Crippen LogP contribution in [0.25, 0.3) is 0 Å². The molecule has 0 aliphatic carbocycles. The second kappa shape index (κ2) is 3.38. The third-order valence-corrected chi connectivity index (χ3v) is 1.77. The van der Waals surface area contributed by atoms with Gasteiger partial charge in [0.25, 0.3) is 11.8 Å². The summed E-state index contributed by atoms with van der Waals surface area (Å²) in [4.78, 5) is 34.1. The fourth-order valence-electron chi connectivity index (χ4n) is 1.01. The number of likely N-dealkylation sites (N-methyl/N-ethyl adjacent to an activating group) is 1. The number of carbonyl (C=O) groups excluding carboxylic acids is 3. The van der Waals surface area contributed by atoms with Gasteiger partial charge in [-0.25, -0.2) is 0 Å². The van der Waals surface area contributed by atoms with Gasteiger partial charge in [0.15, 0.2) is 0 Å². The van der Waals surface area contributed by atoms with E-state index in [4.69, 9.17) is 0 Å². The molecule has 0 fully saturated rings. The van der Waals surface area contributed by atoms with Crippen molar-refractivity contribution in [2.24, 2.45) is 0 Å². The lowest BCUT2D eigenvalue weighted by Gasteiger charge is -2.12. The number of rotatable bonds is 2. The average Bonchev–Trinajstić information content (AvgIpc) is 2.32. The first-order valence-corrected chi connectivity index (χ1v) is 3.81. The first kappa shape index (κ1) is 9.44. The SMILES string of the molecule is CNC(=O)CN1C(=O)C=C(C)C1=O. The molecule has 0 aromatic carbocycles. The van der Waals surface area contributed by atoms with Gasteiger partial charge in [-0.3, -0.25) is 19.3 Å². The molecule has 0 atom stereocenters. The molecule has 1 N–H and O–H groups in total. The molecule has 0 unspecified atom stereocenters. The van der Waals surface area contributed by atoms with E-state index in [2.05, 4.69) is 5.32 Å². The Hall–Kier alpha value is -1.65. The Labute approximate surface area is 75.4 Å². The maximum atomic E-state index is 11.2. The second-order valence-corrected chi connectivity index (χ2v) is 2.73. The highest BCUT2D eigenvalue weighted by Gasteiger charge is 2.29. The lowest BCUT2D eigenvalue weighted by Crippen LogP contribution is -2.39. The Morgan fingerprint density at radius 3 is 2.54 bits per heavy atom. The molecule has 1 heterocycles. The number of nitrogens with one attached hydrogen (secondary N) is 1. The Balaban J connectivity index is 2.69. The molecule has 0 aromatic heterocycles. The molecule has 5 heteroatoms.